The standard InChI is InChI=1S/C32H33BrN12O5/c1-16(33)28(46)37-17-5-6-21-22(9-17)42-27(41-21)32(50)40-20-12-25(45(4)15-20)31(49)39-19-11-24(44(3)14-19)30(48)38-18-10-23(43(2)13-18)29(47)36-8-7-26(34)35/h5-6,9-15H,1,7-8H2,2-4H3,(H3,34,35)(H,36,47)(H,37,46)(H,38,48)(H,39,49)(H,40,50)(H,41,42). The van der Waals surface area contributed by atoms with Crippen molar-refractivity contribution in [2.24, 2.45) is 26.9 Å². The van der Waals surface area contributed by atoms with Gasteiger partial charge in [-0.15, -0.1) is 0 Å². The number of benzene rings is 1. The van der Waals surface area contributed by atoms with Crippen molar-refractivity contribution in [3.05, 3.63) is 89.0 Å². The van der Waals surface area contributed by atoms with Crippen molar-refractivity contribution in [2.45, 2.75) is 6.42 Å². The van der Waals surface area contributed by atoms with Crippen molar-refractivity contribution in [2.75, 3.05) is 27.8 Å². The van der Waals surface area contributed by atoms with E-state index >= 15 is 0 Å². The third-order valence-corrected chi connectivity index (χ3v) is 7.73. The lowest BCUT2D eigenvalue weighted by Crippen LogP contribution is -2.28. The van der Waals surface area contributed by atoms with E-state index in [-0.39, 0.29) is 46.4 Å². The van der Waals surface area contributed by atoms with Crippen LogP contribution in [-0.4, -0.2) is 65.6 Å². The van der Waals surface area contributed by atoms with Gasteiger partial charge >= 0.3 is 0 Å². The molecule has 0 aliphatic heterocycles. The number of halogens is 1. The maximum absolute atomic E-state index is 13.2. The number of rotatable bonds is 12. The maximum Gasteiger partial charge on any atom is 0.291 e. The number of amidine groups is 1. The number of hydrogen-bond donors (Lipinski definition) is 8. The monoisotopic (exact) mass is 744 g/mol. The van der Waals surface area contributed by atoms with Crippen molar-refractivity contribution in [1.29, 1.82) is 5.41 Å². The fourth-order valence-corrected chi connectivity index (χ4v) is 5.05. The zero-order valence-corrected chi connectivity index (χ0v) is 28.7. The minimum atomic E-state index is -0.545. The number of nitrogens with one attached hydrogen (secondary N) is 7. The van der Waals surface area contributed by atoms with Crippen molar-refractivity contribution in [1.82, 2.24) is 29.0 Å². The van der Waals surface area contributed by atoms with Crippen LogP contribution in [0, 0.1) is 5.41 Å². The summed E-state index contributed by atoms with van der Waals surface area (Å²) in [6.07, 6.45) is 4.95. The minimum absolute atomic E-state index is 0.0259. The van der Waals surface area contributed by atoms with E-state index in [1.54, 1.807) is 67.1 Å². The SMILES string of the molecule is C=C(Br)C(=O)Nc1ccc2[nH]c(C(=O)Nc3cc(C(=O)Nc4cc(C(=O)Nc5cc(C(=O)NCCC(=N)N)n(C)c5)n(C)c4)n(C)c3)nc2c1. The average molecular weight is 746 g/mol. The molecule has 0 unspecified atom stereocenters. The van der Waals surface area contributed by atoms with E-state index in [0.717, 1.165) is 0 Å². The second-order valence-electron chi connectivity index (χ2n) is 11.2. The summed E-state index contributed by atoms with van der Waals surface area (Å²) in [5.41, 5.74) is 8.69. The Balaban J connectivity index is 1.20. The molecule has 4 heterocycles. The summed E-state index contributed by atoms with van der Waals surface area (Å²) in [7, 11) is 4.95. The average Bonchev–Trinajstić information content (AvgIpc) is 3.81. The zero-order chi connectivity index (χ0) is 36.3. The van der Waals surface area contributed by atoms with Gasteiger partial charge in [0, 0.05) is 58.4 Å². The molecule has 0 bridgehead atoms. The third kappa shape index (κ3) is 7.98. The summed E-state index contributed by atoms with van der Waals surface area (Å²) in [6.45, 7) is 3.74. The number of aryl methyl sites for hydroxylation is 3. The molecule has 18 heteroatoms. The van der Waals surface area contributed by atoms with Crippen LogP contribution in [0.3, 0.4) is 0 Å². The summed E-state index contributed by atoms with van der Waals surface area (Å²) in [5.74, 6) is -2.31. The van der Waals surface area contributed by atoms with Crippen molar-refractivity contribution < 1.29 is 24.0 Å². The lowest BCUT2D eigenvalue weighted by Gasteiger charge is -2.04. The van der Waals surface area contributed by atoms with Gasteiger partial charge in [-0.1, -0.05) is 6.58 Å². The predicted molar refractivity (Wildman–Crippen MR) is 192 cm³/mol. The van der Waals surface area contributed by atoms with Crippen LogP contribution < -0.4 is 32.3 Å². The molecule has 4 aromatic heterocycles. The van der Waals surface area contributed by atoms with Gasteiger partial charge in [-0.05, 0) is 52.3 Å². The molecule has 0 spiro atoms. The number of amides is 5. The fourth-order valence-electron chi connectivity index (χ4n) is 4.95. The third-order valence-electron chi connectivity index (χ3n) is 7.37. The van der Waals surface area contributed by atoms with Crippen LogP contribution >= 0.6 is 15.9 Å². The number of anilines is 4. The van der Waals surface area contributed by atoms with Gasteiger partial charge in [0.05, 0.1) is 38.4 Å². The topological polar surface area (TPSA) is 239 Å². The Hall–Kier alpha value is -6.43. The quantitative estimate of drug-likeness (QED) is 0.0539. The van der Waals surface area contributed by atoms with Crippen LogP contribution in [0.5, 0.6) is 0 Å². The number of nitrogens with zero attached hydrogens (tertiary/aromatic N) is 4. The molecule has 0 fully saturated rings. The molecule has 258 valence electrons. The molecule has 5 rings (SSSR count). The number of nitrogens with two attached hydrogens (primary N) is 1. The summed E-state index contributed by atoms with van der Waals surface area (Å²) in [6, 6.07) is 9.47. The van der Waals surface area contributed by atoms with E-state index in [1.165, 1.54) is 22.8 Å². The van der Waals surface area contributed by atoms with E-state index < -0.39 is 23.6 Å². The molecule has 50 heavy (non-hydrogen) atoms. The van der Waals surface area contributed by atoms with Crippen LogP contribution in [0.4, 0.5) is 22.7 Å². The fraction of sp³-hybridized carbons (Fsp3) is 0.156. The number of carbonyl (C=O) groups excluding carboxylic acids is 5. The molecular weight excluding hydrogens is 712 g/mol. The molecule has 9 N–H and O–H groups in total. The van der Waals surface area contributed by atoms with Gasteiger partial charge in [-0.2, -0.15) is 0 Å². The molecule has 0 radical (unpaired) electrons. The Labute approximate surface area is 292 Å². The van der Waals surface area contributed by atoms with Gasteiger partial charge < -0.3 is 51.0 Å². The Morgan fingerprint density at radius 2 is 1.28 bits per heavy atom. The molecule has 5 aromatic rings. The number of H-pyrrole nitrogens is 1. The molecule has 17 nitrogen and oxygen atoms in total. The number of imidazole rings is 1. The second kappa shape index (κ2) is 14.4. The van der Waals surface area contributed by atoms with Gasteiger partial charge in [-0.25, -0.2) is 4.98 Å². The highest BCUT2D eigenvalue weighted by Gasteiger charge is 2.20. The van der Waals surface area contributed by atoms with Gasteiger partial charge in [0.15, 0.2) is 5.82 Å². The highest BCUT2D eigenvalue weighted by Crippen LogP contribution is 2.22. The van der Waals surface area contributed by atoms with E-state index in [9.17, 15) is 24.0 Å². The first kappa shape index (κ1) is 34.9. The van der Waals surface area contributed by atoms with E-state index in [2.05, 4.69) is 59.1 Å². The van der Waals surface area contributed by atoms with Crippen LogP contribution in [-0.2, 0) is 25.9 Å². The smallest absolute Gasteiger partial charge is 0.291 e. The molecule has 0 atom stereocenters. The number of aromatic amines is 1. The summed E-state index contributed by atoms with van der Waals surface area (Å²) < 4.78 is 4.81. The van der Waals surface area contributed by atoms with Gasteiger partial charge in [0.25, 0.3) is 29.5 Å². The summed E-state index contributed by atoms with van der Waals surface area (Å²) >= 11 is 3.03. The number of aromatic nitrogens is 5. The highest BCUT2D eigenvalue weighted by molar-refractivity contribution is 9.12. The lowest BCUT2D eigenvalue weighted by molar-refractivity contribution is -0.112. The normalized spacial score (nSPS) is 10.8. The van der Waals surface area contributed by atoms with Crippen LogP contribution in [0.1, 0.15) is 48.5 Å². The van der Waals surface area contributed by atoms with E-state index in [4.69, 9.17) is 11.1 Å². The maximum atomic E-state index is 13.2. The highest BCUT2D eigenvalue weighted by atomic mass is 79.9. The summed E-state index contributed by atoms with van der Waals surface area (Å²) in [4.78, 5) is 70.9. The molecule has 5 amide bonds. The zero-order valence-electron chi connectivity index (χ0n) is 27.1. The van der Waals surface area contributed by atoms with Gasteiger partial charge in [-0.3, -0.25) is 29.4 Å². The lowest BCUT2D eigenvalue weighted by atomic mass is 10.3. The van der Waals surface area contributed by atoms with Crippen molar-refractivity contribution in [3.8, 4) is 0 Å². The van der Waals surface area contributed by atoms with Crippen molar-refractivity contribution in [3.63, 3.8) is 0 Å². The largest absolute Gasteiger partial charge is 0.388 e. The Bertz CT molecular complexity index is 2200. The first-order valence-corrected chi connectivity index (χ1v) is 15.7. The first-order chi connectivity index (χ1) is 23.7. The van der Waals surface area contributed by atoms with Crippen LogP contribution in [0.25, 0.3) is 11.0 Å². The Kier molecular flexibility index (Phi) is 10.0. The first-order valence-electron chi connectivity index (χ1n) is 14.9. The second-order valence-corrected chi connectivity index (χ2v) is 12.2. The van der Waals surface area contributed by atoms with Gasteiger partial charge in [0.2, 0.25) is 0 Å². The molecule has 0 saturated heterocycles. The number of fused-ring (bicyclic) bond motifs is 1. The molecule has 0 aliphatic carbocycles. The number of hydrogen-bond acceptors (Lipinski definition) is 7. The molecule has 1 aromatic carbocycles. The Morgan fingerprint density at radius 1 is 0.780 bits per heavy atom. The molecule has 0 saturated carbocycles. The summed E-state index contributed by atoms with van der Waals surface area (Å²) in [5, 5.41) is 20.8. The minimum Gasteiger partial charge on any atom is -0.388 e. The Morgan fingerprint density at radius 3 is 1.78 bits per heavy atom. The molecular formula is C32H33BrN12O5. The van der Waals surface area contributed by atoms with Crippen molar-refractivity contribution >= 4 is 85.1 Å². The van der Waals surface area contributed by atoms with Crippen LogP contribution in [0.15, 0.2) is 66.1 Å². The van der Waals surface area contributed by atoms with E-state index in [0.29, 0.717) is 39.5 Å². The van der Waals surface area contributed by atoms with Gasteiger partial charge in [0.1, 0.15) is 17.1 Å². The number of carbonyl (C=O) groups is 5. The van der Waals surface area contributed by atoms with E-state index in [1.807, 2.05) is 0 Å². The van der Waals surface area contributed by atoms with Crippen LogP contribution in [0.2, 0.25) is 0 Å². The molecule has 0 aliphatic rings. The predicted octanol–water partition coefficient (Wildman–Crippen LogP) is 3.24.